The van der Waals surface area contributed by atoms with Gasteiger partial charge in [-0.05, 0) is 48.7 Å². The first-order valence-electron chi connectivity index (χ1n) is 5.23. The first kappa shape index (κ1) is 11.1. The number of hydrogen-bond acceptors (Lipinski definition) is 4. The van der Waals surface area contributed by atoms with E-state index >= 15 is 0 Å². The van der Waals surface area contributed by atoms with Crippen LogP contribution in [0.25, 0.3) is 0 Å². The topological polar surface area (TPSA) is 37.8 Å². The third-order valence-corrected chi connectivity index (χ3v) is 3.29. The van der Waals surface area contributed by atoms with Crippen molar-refractivity contribution >= 4 is 17.3 Å². The molecule has 0 aromatic carbocycles. The average Bonchev–Trinajstić information content (AvgIpc) is 2.59. The second-order valence-electron chi connectivity index (χ2n) is 3.91. The van der Waals surface area contributed by atoms with Crippen LogP contribution < -0.4 is 5.32 Å². The molecule has 0 spiro atoms. The minimum atomic E-state index is 0.711. The van der Waals surface area contributed by atoms with Crippen molar-refractivity contribution in [3.63, 3.8) is 0 Å². The van der Waals surface area contributed by atoms with Crippen molar-refractivity contribution in [2.45, 2.75) is 27.3 Å². The minimum Gasteiger partial charge on any atom is -0.350 e. The molecule has 2 rings (SSSR count). The molecule has 0 bridgehead atoms. The lowest BCUT2D eigenvalue weighted by molar-refractivity contribution is 1.00. The largest absolute Gasteiger partial charge is 0.350 e. The maximum Gasteiger partial charge on any atom is 0.223 e. The zero-order valence-corrected chi connectivity index (χ0v) is 10.6. The Balaban J connectivity index is 2.07. The summed E-state index contributed by atoms with van der Waals surface area (Å²) in [5.41, 5.74) is 4.63. The lowest BCUT2D eigenvalue weighted by Gasteiger charge is -2.06. The number of aromatic nitrogens is 2. The first-order valence-corrected chi connectivity index (χ1v) is 6.17. The van der Waals surface area contributed by atoms with Crippen LogP contribution in [0, 0.1) is 20.8 Å². The van der Waals surface area contributed by atoms with E-state index in [0.29, 0.717) is 5.95 Å². The number of aryl methyl sites for hydroxylation is 3. The molecule has 0 saturated carbocycles. The summed E-state index contributed by atoms with van der Waals surface area (Å²) < 4.78 is 0. The van der Waals surface area contributed by atoms with E-state index in [0.717, 1.165) is 17.9 Å². The normalized spacial score (nSPS) is 10.4. The molecule has 0 unspecified atom stereocenters. The standard InChI is InChI=1S/C12H15N3S/c1-8-6-16-7-11(8)5-13-12-14-9(2)4-10(3)15-12/h4,6-7H,5H2,1-3H3,(H,13,14,15). The van der Waals surface area contributed by atoms with Crippen LogP contribution in [0.1, 0.15) is 22.5 Å². The lowest BCUT2D eigenvalue weighted by Crippen LogP contribution is -2.05. The third kappa shape index (κ3) is 2.58. The molecular weight excluding hydrogens is 218 g/mol. The van der Waals surface area contributed by atoms with E-state index in [2.05, 4.69) is 33.0 Å². The van der Waals surface area contributed by atoms with E-state index in [1.807, 2.05) is 19.9 Å². The Morgan fingerprint density at radius 3 is 2.38 bits per heavy atom. The van der Waals surface area contributed by atoms with Crippen molar-refractivity contribution < 1.29 is 0 Å². The van der Waals surface area contributed by atoms with Gasteiger partial charge in [-0.15, -0.1) is 0 Å². The summed E-state index contributed by atoms with van der Waals surface area (Å²) in [6.45, 7) is 6.87. The van der Waals surface area contributed by atoms with Crippen molar-refractivity contribution in [1.29, 1.82) is 0 Å². The summed E-state index contributed by atoms with van der Waals surface area (Å²) in [7, 11) is 0. The fraction of sp³-hybridized carbons (Fsp3) is 0.333. The average molecular weight is 233 g/mol. The van der Waals surface area contributed by atoms with E-state index < -0.39 is 0 Å². The quantitative estimate of drug-likeness (QED) is 0.885. The molecule has 0 atom stereocenters. The van der Waals surface area contributed by atoms with Crippen molar-refractivity contribution in [2.75, 3.05) is 5.32 Å². The second-order valence-corrected chi connectivity index (χ2v) is 4.65. The molecule has 0 aliphatic heterocycles. The molecule has 0 radical (unpaired) electrons. The second kappa shape index (κ2) is 4.61. The van der Waals surface area contributed by atoms with E-state index in [4.69, 9.17) is 0 Å². The number of nitrogens with zero attached hydrogens (tertiary/aromatic N) is 2. The maximum atomic E-state index is 4.34. The van der Waals surface area contributed by atoms with Gasteiger partial charge in [0.25, 0.3) is 0 Å². The summed E-state index contributed by atoms with van der Waals surface area (Å²) in [5, 5.41) is 7.56. The van der Waals surface area contributed by atoms with Gasteiger partial charge in [-0.3, -0.25) is 0 Å². The fourth-order valence-corrected chi connectivity index (χ4v) is 2.40. The van der Waals surface area contributed by atoms with Crippen LogP contribution in [0.5, 0.6) is 0 Å². The van der Waals surface area contributed by atoms with Gasteiger partial charge >= 0.3 is 0 Å². The van der Waals surface area contributed by atoms with Crippen LogP contribution in [-0.2, 0) is 6.54 Å². The highest BCUT2D eigenvalue weighted by molar-refractivity contribution is 7.08. The smallest absolute Gasteiger partial charge is 0.223 e. The molecule has 84 valence electrons. The molecule has 2 aromatic heterocycles. The van der Waals surface area contributed by atoms with Gasteiger partial charge in [-0.25, -0.2) is 9.97 Å². The number of nitrogens with one attached hydrogen (secondary N) is 1. The Labute approximate surface area is 99.6 Å². The van der Waals surface area contributed by atoms with Crippen LogP contribution in [0.2, 0.25) is 0 Å². The molecule has 3 nitrogen and oxygen atoms in total. The van der Waals surface area contributed by atoms with Gasteiger partial charge in [0.2, 0.25) is 5.95 Å². The van der Waals surface area contributed by atoms with Crippen LogP contribution in [-0.4, -0.2) is 9.97 Å². The molecule has 1 N–H and O–H groups in total. The fourth-order valence-electron chi connectivity index (χ4n) is 1.55. The van der Waals surface area contributed by atoms with Gasteiger partial charge in [0.15, 0.2) is 0 Å². The van der Waals surface area contributed by atoms with E-state index in [1.54, 1.807) is 11.3 Å². The molecule has 0 aliphatic rings. The Bertz CT molecular complexity index is 471. The zero-order valence-electron chi connectivity index (χ0n) is 9.74. The number of rotatable bonds is 3. The molecule has 0 amide bonds. The van der Waals surface area contributed by atoms with Crippen LogP contribution in [0.3, 0.4) is 0 Å². The maximum absolute atomic E-state index is 4.34. The number of hydrogen-bond donors (Lipinski definition) is 1. The highest BCUT2D eigenvalue weighted by Gasteiger charge is 2.01. The Morgan fingerprint density at radius 2 is 1.81 bits per heavy atom. The Hall–Kier alpha value is -1.42. The van der Waals surface area contributed by atoms with Gasteiger partial charge in [0.1, 0.15) is 0 Å². The van der Waals surface area contributed by atoms with Crippen LogP contribution in [0.4, 0.5) is 5.95 Å². The molecule has 4 heteroatoms. The SMILES string of the molecule is Cc1cc(C)nc(NCc2cscc2C)n1. The summed E-state index contributed by atoms with van der Waals surface area (Å²) in [5.74, 6) is 0.711. The summed E-state index contributed by atoms with van der Waals surface area (Å²) in [6.07, 6.45) is 0. The molecule has 0 saturated heterocycles. The molecule has 0 aliphatic carbocycles. The van der Waals surface area contributed by atoms with Gasteiger partial charge in [-0.1, -0.05) is 0 Å². The molecular formula is C12H15N3S. The van der Waals surface area contributed by atoms with Crippen LogP contribution >= 0.6 is 11.3 Å². The van der Waals surface area contributed by atoms with Crippen molar-refractivity contribution in [3.8, 4) is 0 Å². The van der Waals surface area contributed by atoms with Gasteiger partial charge in [0.05, 0.1) is 0 Å². The van der Waals surface area contributed by atoms with Gasteiger partial charge in [0, 0.05) is 17.9 Å². The zero-order chi connectivity index (χ0) is 11.5. The van der Waals surface area contributed by atoms with Gasteiger partial charge in [-0.2, -0.15) is 11.3 Å². The van der Waals surface area contributed by atoms with E-state index in [1.165, 1.54) is 11.1 Å². The predicted molar refractivity (Wildman–Crippen MR) is 67.9 cm³/mol. The first-order chi connectivity index (χ1) is 7.65. The molecule has 2 aromatic rings. The van der Waals surface area contributed by atoms with E-state index in [9.17, 15) is 0 Å². The number of anilines is 1. The minimum absolute atomic E-state index is 0.711. The monoisotopic (exact) mass is 233 g/mol. The van der Waals surface area contributed by atoms with E-state index in [-0.39, 0.29) is 0 Å². The van der Waals surface area contributed by atoms with Crippen LogP contribution in [0.15, 0.2) is 16.8 Å². The molecule has 2 heterocycles. The summed E-state index contributed by atoms with van der Waals surface area (Å²) >= 11 is 1.73. The van der Waals surface area contributed by atoms with Crippen molar-refractivity contribution in [1.82, 2.24) is 9.97 Å². The Kier molecular flexibility index (Phi) is 3.19. The van der Waals surface area contributed by atoms with Crippen molar-refractivity contribution in [3.05, 3.63) is 39.3 Å². The Morgan fingerprint density at radius 1 is 1.12 bits per heavy atom. The molecule has 0 fully saturated rings. The third-order valence-electron chi connectivity index (χ3n) is 2.38. The number of thiophene rings is 1. The molecule has 16 heavy (non-hydrogen) atoms. The highest BCUT2D eigenvalue weighted by Crippen LogP contribution is 2.14. The predicted octanol–water partition coefficient (Wildman–Crippen LogP) is 3.08. The highest BCUT2D eigenvalue weighted by atomic mass is 32.1. The summed E-state index contributed by atoms with van der Waals surface area (Å²) in [6, 6.07) is 1.97. The van der Waals surface area contributed by atoms with Gasteiger partial charge < -0.3 is 5.32 Å². The summed E-state index contributed by atoms with van der Waals surface area (Å²) in [4.78, 5) is 8.69. The lowest BCUT2D eigenvalue weighted by atomic mass is 10.2. The van der Waals surface area contributed by atoms with Crippen molar-refractivity contribution in [2.24, 2.45) is 0 Å².